The number of nitrogens with one attached hydrogen (secondary N) is 1. The molecule has 1 saturated heterocycles. The van der Waals surface area contributed by atoms with Gasteiger partial charge in [0.15, 0.2) is 10.9 Å². The van der Waals surface area contributed by atoms with Gasteiger partial charge in [-0.15, -0.1) is 11.3 Å². The molecule has 1 N–H and O–H groups in total. The molecule has 1 aromatic carbocycles. The van der Waals surface area contributed by atoms with Gasteiger partial charge in [-0.3, -0.25) is 10.3 Å². The van der Waals surface area contributed by atoms with E-state index in [4.69, 9.17) is 4.98 Å². The van der Waals surface area contributed by atoms with Gasteiger partial charge in [-0.2, -0.15) is 0 Å². The third kappa shape index (κ3) is 3.65. The summed E-state index contributed by atoms with van der Waals surface area (Å²) in [5.74, 6) is 0.465. The van der Waals surface area contributed by atoms with Crippen molar-refractivity contribution >= 4 is 28.3 Å². The van der Waals surface area contributed by atoms with Crippen molar-refractivity contribution in [1.82, 2.24) is 19.9 Å². The van der Waals surface area contributed by atoms with Crippen LogP contribution in [0.5, 0.6) is 0 Å². The summed E-state index contributed by atoms with van der Waals surface area (Å²) in [6.07, 6.45) is 4.67. The second-order valence-corrected chi connectivity index (χ2v) is 6.71. The van der Waals surface area contributed by atoms with E-state index in [9.17, 15) is 4.79 Å². The number of amides is 2. The van der Waals surface area contributed by atoms with E-state index < -0.39 is 0 Å². The number of anilines is 2. The molecule has 8 heteroatoms. The first-order valence-corrected chi connectivity index (χ1v) is 9.25. The lowest BCUT2D eigenvalue weighted by Crippen LogP contribution is -2.50. The maximum atomic E-state index is 12.3. The van der Waals surface area contributed by atoms with Crippen LogP contribution in [-0.4, -0.2) is 52.1 Å². The van der Waals surface area contributed by atoms with Crippen LogP contribution in [0, 0.1) is 0 Å². The van der Waals surface area contributed by atoms with E-state index in [-0.39, 0.29) is 6.03 Å². The predicted octanol–water partition coefficient (Wildman–Crippen LogP) is 2.95. The van der Waals surface area contributed by atoms with Crippen LogP contribution in [0.2, 0.25) is 0 Å². The van der Waals surface area contributed by atoms with E-state index in [1.807, 2.05) is 18.2 Å². The quantitative estimate of drug-likeness (QED) is 0.771. The fraction of sp³-hybridized carbons (Fsp3) is 0.222. The minimum Gasteiger partial charge on any atom is -0.345 e. The number of nitrogens with zero attached hydrogens (tertiary/aromatic N) is 5. The van der Waals surface area contributed by atoms with Crippen LogP contribution in [0.3, 0.4) is 0 Å². The predicted molar refractivity (Wildman–Crippen MR) is 102 cm³/mol. The standard InChI is InChI=1S/C18H18N6OS/c25-17(22-16-12-19-6-7-20-16)23-8-10-24(11-9-23)18-21-15(13-26-18)14-4-2-1-3-5-14/h1-7,12-13H,8-11H2,(H,20,22,25). The van der Waals surface area contributed by atoms with Crippen molar-refractivity contribution in [3.05, 3.63) is 54.3 Å². The second-order valence-electron chi connectivity index (χ2n) is 5.88. The summed E-state index contributed by atoms with van der Waals surface area (Å²) in [4.78, 5) is 29.1. The zero-order chi connectivity index (χ0) is 17.8. The number of hydrogen-bond donors (Lipinski definition) is 1. The highest BCUT2D eigenvalue weighted by Gasteiger charge is 2.23. The summed E-state index contributed by atoms with van der Waals surface area (Å²) in [7, 11) is 0. The first-order valence-electron chi connectivity index (χ1n) is 8.37. The number of urea groups is 1. The summed E-state index contributed by atoms with van der Waals surface area (Å²) < 4.78 is 0. The minimum atomic E-state index is -0.144. The summed E-state index contributed by atoms with van der Waals surface area (Å²) in [6.45, 7) is 2.81. The van der Waals surface area contributed by atoms with Gasteiger partial charge in [0.25, 0.3) is 0 Å². The van der Waals surface area contributed by atoms with Crippen LogP contribution in [-0.2, 0) is 0 Å². The number of aromatic nitrogens is 3. The van der Waals surface area contributed by atoms with E-state index in [0.29, 0.717) is 18.9 Å². The molecule has 2 amide bonds. The molecule has 1 aliphatic rings. The molecule has 1 fully saturated rings. The zero-order valence-electron chi connectivity index (χ0n) is 14.1. The molecule has 26 heavy (non-hydrogen) atoms. The van der Waals surface area contributed by atoms with Crippen LogP contribution >= 0.6 is 11.3 Å². The average Bonchev–Trinajstić information content (AvgIpc) is 3.20. The third-order valence-electron chi connectivity index (χ3n) is 4.20. The molecule has 3 aromatic rings. The van der Waals surface area contributed by atoms with Gasteiger partial charge in [-0.1, -0.05) is 30.3 Å². The topological polar surface area (TPSA) is 74.2 Å². The number of piperazine rings is 1. The molecule has 7 nitrogen and oxygen atoms in total. The normalized spacial score (nSPS) is 14.3. The van der Waals surface area contributed by atoms with Crippen LogP contribution in [0.4, 0.5) is 15.7 Å². The van der Waals surface area contributed by atoms with Gasteiger partial charge in [-0.25, -0.2) is 14.8 Å². The first kappa shape index (κ1) is 16.5. The number of rotatable bonds is 3. The number of carbonyl (C=O) groups excluding carboxylic acids is 1. The number of hydrogen-bond acceptors (Lipinski definition) is 6. The van der Waals surface area contributed by atoms with Gasteiger partial charge in [-0.05, 0) is 0 Å². The summed E-state index contributed by atoms with van der Waals surface area (Å²) in [5, 5.41) is 5.85. The SMILES string of the molecule is O=C(Nc1cnccn1)N1CCN(c2nc(-c3ccccc3)cs2)CC1. The fourth-order valence-corrected chi connectivity index (χ4v) is 3.69. The molecule has 0 saturated carbocycles. The lowest BCUT2D eigenvalue weighted by molar-refractivity contribution is 0.208. The Morgan fingerprint density at radius 1 is 1.08 bits per heavy atom. The van der Waals surface area contributed by atoms with Gasteiger partial charge in [0.05, 0.1) is 11.9 Å². The van der Waals surface area contributed by atoms with Gasteiger partial charge in [0.1, 0.15) is 0 Å². The Hall–Kier alpha value is -3.00. The van der Waals surface area contributed by atoms with E-state index in [1.54, 1.807) is 28.6 Å². The monoisotopic (exact) mass is 366 g/mol. The summed E-state index contributed by atoms with van der Waals surface area (Å²) >= 11 is 1.64. The molecule has 0 spiro atoms. The van der Waals surface area contributed by atoms with E-state index >= 15 is 0 Å². The van der Waals surface area contributed by atoms with Gasteiger partial charge < -0.3 is 9.80 Å². The Labute approximate surface area is 155 Å². The minimum absolute atomic E-state index is 0.144. The van der Waals surface area contributed by atoms with Crippen molar-refractivity contribution in [2.24, 2.45) is 0 Å². The van der Waals surface area contributed by atoms with E-state index in [0.717, 1.165) is 29.5 Å². The molecule has 0 bridgehead atoms. The first-order chi connectivity index (χ1) is 12.8. The lowest BCUT2D eigenvalue weighted by Gasteiger charge is -2.34. The molecule has 2 aromatic heterocycles. The Morgan fingerprint density at radius 2 is 1.88 bits per heavy atom. The molecule has 4 rings (SSSR count). The highest BCUT2D eigenvalue weighted by molar-refractivity contribution is 7.14. The van der Waals surface area contributed by atoms with Gasteiger partial charge in [0.2, 0.25) is 0 Å². The van der Waals surface area contributed by atoms with Crippen LogP contribution in [0.25, 0.3) is 11.3 Å². The van der Waals surface area contributed by atoms with Crippen molar-refractivity contribution in [3.8, 4) is 11.3 Å². The molecule has 1 aliphatic heterocycles. The van der Waals surface area contributed by atoms with Crippen molar-refractivity contribution in [1.29, 1.82) is 0 Å². The Bertz CT molecular complexity index is 862. The highest BCUT2D eigenvalue weighted by Crippen LogP contribution is 2.28. The summed E-state index contributed by atoms with van der Waals surface area (Å²) in [5.41, 5.74) is 2.12. The zero-order valence-corrected chi connectivity index (χ0v) is 14.9. The molecular formula is C18H18N6OS. The number of benzene rings is 1. The molecule has 3 heterocycles. The van der Waals surface area contributed by atoms with E-state index in [1.165, 1.54) is 6.20 Å². The fourth-order valence-electron chi connectivity index (χ4n) is 2.80. The third-order valence-corrected chi connectivity index (χ3v) is 5.10. The van der Waals surface area contributed by atoms with E-state index in [2.05, 4.69) is 37.7 Å². The van der Waals surface area contributed by atoms with Gasteiger partial charge in [0, 0.05) is 49.5 Å². The Kier molecular flexibility index (Phi) is 4.74. The maximum absolute atomic E-state index is 12.3. The molecule has 0 atom stereocenters. The Balaban J connectivity index is 1.35. The van der Waals surface area contributed by atoms with Crippen LogP contribution < -0.4 is 10.2 Å². The molecule has 0 aliphatic carbocycles. The van der Waals surface area contributed by atoms with Crippen LogP contribution in [0.15, 0.2) is 54.3 Å². The second kappa shape index (κ2) is 7.49. The van der Waals surface area contributed by atoms with Gasteiger partial charge >= 0.3 is 6.03 Å². The average molecular weight is 366 g/mol. The molecular weight excluding hydrogens is 348 g/mol. The largest absolute Gasteiger partial charge is 0.345 e. The maximum Gasteiger partial charge on any atom is 0.323 e. The van der Waals surface area contributed by atoms with Crippen LogP contribution in [0.1, 0.15) is 0 Å². The highest BCUT2D eigenvalue weighted by atomic mass is 32.1. The number of carbonyl (C=O) groups is 1. The van der Waals surface area contributed by atoms with Crippen molar-refractivity contribution in [2.75, 3.05) is 36.4 Å². The van der Waals surface area contributed by atoms with Crippen molar-refractivity contribution < 1.29 is 4.79 Å². The smallest absolute Gasteiger partial charge is 0.323 e. The molecule has 132 valence electrons. The Morgan fingerprint density at radius 3 is 2.62 bits per heavy atom. The molecule has 0 unspecified atom stereocenters. The van der Waals surface area contributed by atoms with Crippen molar-refractivity contribution in [2.45, 2.75) is 0 Å². The molecule has 0 radical (unpaired) electrons. The summed E-state index contributed by atoms with van der Waals surface area (Å²) in [6, 6.07) is 10.0. The van der Waals surface area contributed by atoms with Crippen molar-refractivity contribution in [3.63, 3.8) is 0 Å². The lowest BCUT2D eigenvalue weighted by atomic mass is 10.2. The number of thiazole rings is 1.